The van der Waals surface area contributed by atoms with Crippen molar-refractivity contribution in [3.8, 4) is 0 Å². The van der Waals surface area contributed by atoms with Crippen molar-refractivity contribution in [1.29, 1.82) is 0 Å². The van der Waals surface area contributed by atoms with E-state index in [0.29, 0.717) is 6.04 Å². The third kappa shape index (κ3) is 2.83. The molecule has 2 fully saturated rings. The van der Waals surface area contributed by atoms with Gasteiger partial charge in [-0.2, -0.15) is 11.8 Å². The Hall–Kier alpha value is 0.170. The van der Waals surface area contributed by atoms with Crippen LogP contribution in [0.2, 0.25) is 0 Å². The van der Waals surface area contributed by atoms with Crippen LogP contribution in [-0.2, 0) is 0 Å². The number of thioether (sulfide) groups is 2. The SMILES string of the molecule is CC1(C)CCSC(=NC2CCSC2)N1. The van der Waals surface area contributed by atoms with Gasteiger partial charge in [0.2, 0.25) is 0 Å². The van der Waals surface area contributed by atoms with E-state index in [4.69, 9.17) is 4.99 Å². The smallest absolute Gasteiger partial charge is 0.157 e. The summed E-state index contributed by atoms with van der Waals surface area (Å²) in [5, 5.41) is 4.70. The Labute approximate surface area is 94.7 Å². The van der Waals surface area contributed by atoms with Gasteiger partial charge in [-0.15, -0.1) is 0 Å². The summed E-state index contributed by atoms with van der Waals surface area (Å²) in [7, 11) is 0. The minimum atomic E-state index is 0.246. The molecule has 2 heterocycles. The molecule has 2 saturated heterocycles. The molecular formula is C10H18N2S2. The number of hydrogen-bond donors (Lipinski definition) is 1. The van der Waals surface area contributed by atoms with Crippen LogP contribution in [-0.4, -0.2) is 34.0 Å². The zero-order valence-electron chi connectivity index (χ0n) is 8.88. The van der Waals surface area contributed by atoms with Crippen LogP contribution >= 0.6 is 23.5 Å². The highest BCUT2D eigenvalue weighted by Crippen LogP contribution is 2.25. The third-order valence-corrected chi connectivity index (χ3v) is 4.65. The van der Waals surface area contributed by atoms with E-state index in [1.807, 2.05) is 23.5 Å². The summed E-state index contributed by atoms with van der Waals surface area (Å²) in [6.07, 6.45) is 2.49. The van der Waals surface area contributed by atoms with Crippen molar-refractivity contribution in [2.75, 3.05) is 17.3 Å². The fraction of sp³-hybridized carbons (Fsp3) is 0.900. The number of amidine groups is 1. The second-order valence-corrected chi connectivity index (χ2v) is 6.79. The quantitative estimate of drug-likeness (QED) is 0.748. The molecule has 2 rings (SSSR count). The summed E-state index contributed by atoms with van der Waals surface area (Å²) in [5.41, 5.74) is 0.246. The molecule has 1 atom stereocenters. The van der Waals surface area contributed by atoms with E-state index in [2.05, 4.69) is 19.2 Å². The van der Waals surface area contributed by atoms with Crippen molar-refractivity contribution in [3.63, 3.8) is 0 Å². The van der Waals surface area contributed by atoms with Gasteiger partial charge < -0.3 is 5.32 Å². The van der Waals surface area contributed by atoms with Crippen molar-refractivity contribution in [2.24, 2.45) is 4.99 Å². The lowest BCUT2D eigenvalue weighted by Crippen LogP contribution is -2.46. The van der Waals surface area contributed by atoms with Gasteiger partial charge in [-0.1, -0.05) is 11.8 Å². The minimum Gasteiger partial charge on any atom is -0.360 e. The molecule has 1 unspecified atom stereocenters. The van der Waals surface area contributed by atoms with Gasteiger partial charge in [0.05, 0.1) is 6.04 Å². The van der Waals surface area contributed by atoms with Gasteiger partial charge in [-0.25, -0.2) is 0 Å². The van der Waals surface area contributed by atoms with Crippen molar-refractivity contribution in [2.45, 2.75) is 38.3 Å². The number of nitrogens with zero attached hydrogens (tertiary/aromatic N) is 1. The van der Waals surface area contributed by atoms with Crippen LogP contribution in [0.5, 0.6) is 0 Å². The lowest BCUT2D eigenvalue weighted by atomic mass is 10.0. The number of aliphatic imine (C=N–C) groups is 1. The largest absolute Gasteiger partial charge is 0.360 e. The predicted molar refractivity (Wildman–Crippen MR) is 67.5 cm³/mol. The van der Waals surface area contributed by atoms with E-state index in [-0.39, 0.29) is 5.54 Å². The number of nitrogens with one attached hydrogen (secondary N) is 1. The standard InChI is InChI=1S/C10H18N2S2/c1-10(2)4-6-14-9(12-10)11-8-3-5-13-7-8/h8H,3-7H2,1-2H3,(H,11,12). The Kier molecular flexibility index (Phi) is 3.32. The zero-order valence-corrected chi connectivity index (χ0v) is 10.5. The first-order valence-electron chi connectivity index (χ1n) is 5.22. The van der Waals surface area contributed by atoms with Crippen molar-refractivity contribution < 1.29 is 0 Å². The summed E-state index contributed by atoms with van der Waals surface area (Å²) >= 11 is 3.91. The fourth-order valence-corrected chi connectivity index (χ4v) is 4.15. The first kappa shape index (κ1) is 10.7. The second kappa shape index (κ2) is 4.35. The molecule has 0 bridgehead atoms. The highest BCUT2D eigenvalue weighted by Gasteiger charge is 2.25. The number of hydrogen-bond acceptors (Lipinski definition) is 3. The lowest BCUT2D eigenvalue weighted by molar-refractivity contribution is 0.445. The van der Waals surface area contributed by atoms with E-state index in [0.717, 1.165) is 0 Å². The van der Waals surface area contributed by atoms with Crippen LogP contribution in [0, 0.1) is 0 Å². The normalized spacial score (nSPS) is 34.4. The lowest BCUT2D eigenvalue weighted by Gasteiger charge is -2.32. The molecule has 2 aliphatic rings. The third-order valence-electron chi connectivity index (χ3n) is 2.62. The fourth-order valence-electron chi connectivity index (χ4n) is 1.65. The maximum absolute atomic E-state index is 4.78. The van der Waals surface area contributed by atoms with Gasteiger partial charge in [0.25, 0.3) is 0 Å². The molecule has 0 aromatic rings. The average molecular weight is 230 g/mol. The summed E-state index contributed by atoms with van der Waals surface area (Å²) in [5.74, 6) is 3.71. The van der Waals surface area contributed by atoms with Crippen molar-refractivity contribution >= 4 is 28.7 Å². The van der Waals surface area contributed by atoms with Crippen LogP contribution in [0.25, 0.3) is 0 Å². The molecule has 2 aliphatic heterocycles. The Morgan fingerprint density at radius 1 is 1.43 bits per heavy atom. The highest BCUT2D eigenvalue weighted by molar-refractivity contribution is 8.13. The molecule has 0 amide bonds. The van der Waals surface area contributed by atoms with Gasteiger partial charge in [0.1, 0.15) is 0 Å². The van der Waals surface area contributed by atoms with E-state index < -0.39 is 0 Å². The molecule has 0 aromatic carbocycles. The predicted octanol–water partition coefficient (Wildman–Crippen LogP) is 2.35. The van der Waals surface area contributed by atoms with Crippen molar-refractivity contribution in [3.05, 3.63) is 0 Å². The van der Waals surface area contributed by atoms with Gasteiger partial charge in [-0.05, 0) is 32.4 Å². The molecule has 14 heavy (non-hydrogen) atoms. The first-order chi connectivity index (χ1) is 6.66. The molecule has 0 spiro atoms. The van der Waals surface area contributed by atoms with E-state index in [1.165, 1.54) is 35.3 Å². The summed E-state index contributed by atoms with van der Waals surface area (Å²) < 4.78 is 0. The topological polar surface area (TPSA) is 24.4 Å². The Bertz CT molecular complexity index is 232. The zero-order chi connectivity index (χ0) is 10.0. The van der Waals surface area contributed by atoms with E-state index in [1.54, 1.807) is 0 Å². The summed E-state index contributed by atoms with van der Waals surface area (Å²) in [6, 6.07) is 0.573. The van der Waals surface area contributed by atoms with E-state index in [9.17, 15) is 0 Å². The molecule has 80 valence electrons. The maximum Gasteiger partial charge on any atom is 0.157 e. The molecule has 1 N–H and O–H groups in total. The molecular weight excluding hydrogens is 212 g/mol. The minimum absolute atomic E-state index is 0.246. The highest BCUT2D eigenvalue weighted by atomic mass is 32.2. The summed E-state index contributed by atoms with van der Waals surface area (Å²) in [6.45, 7) is 4.51. The average Bonchev–Trinajstić information content (AvgIpc) is 2.54. The van der Waals surface area contributed by atoms with Crippen LogP contribution < -0.4 is 5.32 Å². The molecule has 0 aromatic heterocycles. The monoisotopic (exact) mass is 230 g/mol. The van der Waals surface area contributed by atoms with Crippen LogP contribution in [0.15, 0.2) is 4.99 Å². The Morgan fingerprint density at radius 2 is 2.29 bits per heavy atom. The molecule has 4 heteroatoms. The molecule has 0 radical (unpaired) electrons. The Morgan fingerprint density at radius 3 is 2.93 bits per heavy atom. The molecule has 0 aliphatic carbocycles. The second-order valence-electron chi connectivity index (χ2n) is 4.56. The van der Waals surface area contributed by atoms with Gasteiger partial charge >= 0.3 is 0 Å². The number of rotatable bonds is 1. The van der Waals surface area contributed by atoms with Gasteiger partial charge in [0, 0.05) is 17.0 Å². The molecule has 2 nitrogen and oxygen atoms in total. The van der Waals surface area contributed by atoms with Crippen LogP contribution in [0.1, 0.15) is 26.7 Å². The van der Waals surface area contributed by atoms with Gasteiger partial charge in [-0.3, -0.25) is 4.99 Å². The van der Waals surface area contributed by atoms with E-state index >= 15 is 0 Å². The van der Waals surface area contributed by atoms with Crippen LogP contribution in [0.4, 0.5) is 0 Å². The maximum atomic E-state index is 4.78. The van der Waals surface area contributed by atoms with Crippen LogP contribution in [0.3, 0.4) is 0 Å². The first-order valence-corrected chi connectivity index (χ1v) is 7.36. The summed E-state index contributed by atoms with van der Waals surface area (Å²) in [4.78, 5) is 4.78. The Balaban J connectivity index is 1.95. The van der Waals surface area contributed by atoms with Gasteiger partial charge in [0.15, 0.2) is 5.17 Å². The van der Waals surface area contributed by atoms with Crippen molar-refractivity contribution in [1.82, 2.24) is 5.32 Å². The molecule has 0 saturated carbocycles.